The Hall–Kier alpha value is -4.83. The van der Waals surface area contributed by atoms with Crippen LogP contribution in [0.25, 0.3) is 33.3 Å². The Morgan fingerprint density at radius 3 is 2.55 bits per heavy atom. The molecule has 0 atom stereocenters. The van der Waals surface area contributed by atoms with Crippen molar-refractivity contribution in [2.45, 2.75) is 11.4 Å². The van der Waals surface area contributed by atoms with Crippen LogP contribution < -0.4 is 14.8 Å². The number of rotatable bonds is 1. The summed E-state index contributed by atoms with van der Waals surface area (Å²) in [6, 6.07) is 21.0. The van der Waals surface area contributed by atoms with Crippen molar-refractivity contribution in [1.29, 1.82) is 0 Å². The number of fused-ring (bicyclic) bond motifs is 9. The maximum atomic E-state index is 13.3. The predicted molar refractivity (Wildman–Crippen MR) is 143 cm³/mol. The average molecular weight is 524 g/mol. The number of benzene rings is 3. The molecule has 0 fully saturated rings. The lowest BCUT2D eigenvalue weighted by Crippen LogP contribution is -2.23. The molecule has 1 amide bonds. The monoisotopic (exact) mass is 523 g/mol. The van der Waals surface area contributed by atoms with Gasteiger partial charge in [0.25, 0.3) is 15.9 Å². The standard InChI is InChI=1S/C28H21N5O4S/c1-37-28-25-13-21(15-30-28)18-8-9-24-23(12-18)26(32-16-31-24)19-5-2-4-17(10-19)14-29-27(34)20-6-3-7-22(11-20)38(35,36)33-25/h2-13,15-16,33H,14H2,1H3,(H,29,34). The number of aromatic nitrogens is 3. The number of carbonyl (C=O) groups is 1. The minimum atomic E-state index is -4.07. The highest BCUT2D eigenvalue weighted by Crippen LogP contribution is 2.34. The number of carbonyl (C=O) groups excluding carboxylic acids is 1. The molecule has 3 aromatic carbocycles. The van der Waals surface area contributed by atoms with Crippen LogP contribution in [0.15, 0.2) is 90.2 Å². The molecule has 0 radical (unpaired) electrons. The Kier molecular flexibility index (Phi) is 5.73. The number of ether oxygens (including phenoxy) is 1. The molecule has 3 heterocycles. The van der Waals surface area contributed by atoms with E-state index in [4.69, 9.17) is 4.74 Å². The summed E-state index contributed by atoms with van der Waals surface area (Å²) in [5.41, 5.74) is 5.10. The maximum Gasteiger partial charge on any atom is 0.262 e. The van der Waals surface area contributed by atoms with Crippen LogP contribution in [0, 0.1) is 0 Å². The van der Waals surface area contributed by atoms with Crippen molar-refractivity contribution in [2.75, 3.05) is 11.8 Å². The first-order chi connectivity index (χ1) is 18.4. The quantitative estimate of drug-likeness (QED) is 0.334. The van der Waals surface area contributed by atoms with E-state index in [9.17, 15) is 13.2 Å². The van der Waals surface area contributed by atoms with Gasteiger partial charge < -0.3 is 10.1 Å². The Balaban J connectivity index is 1.59. The van der Waals surface area contributed by atoms with E-state index in [1.807, 2.05) is 42.5 Å². The van der Waals surface area contributed by atoms with Crippen LogP contribution in [0.3, 0.4) is 0 Å². The van der Waals surface area contributed by atoms with Crippen molar-refractivity contribution in [2.24, 2.45) is 0 Å². The summed E-state index contributed by atoms with van der Waals surface area (Å²) in [6.07, 6.45) is 3.14. The highest BCUT2D eigenvalue weighted by molar-refractivity contribution is 7.92. The van der Waals surface area contributed by atoms with Gasteiger partial charge in [-0.2, -0.15) is 0 Å². The lowest BCUT2D eigenvalue weighted by atomic mass is 10.00. The Bertz CT molecular complexity index is 1840. The van der Waals surface area contributed by atoms with Crippen molar-refractivity contribution in [1.82, 2.24) is 20.3 Å². The van der Waals surface area contributed by atoms with Gasteiger partial charge in [-0.1, -0.05) is 30.3 Å². The molecule has 2 aromatic heterocycles. The topological polar surface area (TPSA) is 123 Å². The summed E-state index contributed by atoms with van der Waals surface area (Å²) < 4.78 is 34.5. The van der Waals surface area contributed by atoms with E-state index >= 15 is 0 Å². The number of anilines is 1. The van der Waals surface area contributed by atoms with Crippen molar-refractivity contribution in [3.8, 4) is 28.3 Å². The van der Waals surface area contributed by atoms with Crippen LogP contribution in [0.5, 0.6) is 5.88 Å². The molecule has 38 heavy (non-hydrogen) atoms. The normalized spacial score (nSPS) is 14.2. The average Bonchev–Trinajstić information content (AvgIpc) is 2.95. The first-order valence-electron chi connectivity index (χ1n) is 11.7. The Morgan fingerprint density at radius 2 is 1.68 bits per heavy atom. The molecule has 6 rings (SSSR count). The van der Waals surface area contributed by atoms with Gasteiger partial charge in [0.15, 0.2) is 0 Å². The van der Waals surface area contributed by atoms with Crippen molar-refractivity contribution in [3.63, 3.8) is 0 Å². The highest BCUT2D eigenvalue weighted by atomic mass is 32.2. The second kappa shape index (κ2) is 9.24. The third-order valence-corrected chi connectivity index (χ3v) is 7.68. The lowest BCUT2D eigenvalue weighted by molar-refractivity contribution is 0.0950. The summed E-state index contributed by atoms with van der Waals surface area (Å²) in [6.45, 7) is 0.254. The molecular weight excluding hydrogens is 502 g/mol. The van der Waals surface area contributed by atoms with E-state index in [2.05, 4.69) is 25.0 Å². The van der Waals surface area contributed by atoms with Crippen molar-refractivity contribution < 1.29 is 17.9 Å². The van der Waals surface area contributed by atoms with Gasteiger partial charge in [-0.15, -0.1) is 0 Å². The van der Waals surface area contributed by atoms with Gasteiger partial charge in [0, 0.05) is 34.8 Å². The summed E-state index contributed by atoms with van der Waals surface area (Å²) in [5, 5.41) is 3.69. The molecule has 5 aromatic rings. The first-order valence-corrected chi connectivity index (χ1v) is 13.2. The van der Waals surface area contributed by atoms with Crippen LogP contribution >= 0.6 is 0 Å². The molecule has 8 bridgehead atoms. The molecule has 0 spiro atoms. The molecule has 2 N–H and O–H groups in total. The van der Waals surface area contributed by atoms with E-state index in [1.165, 1.54) is 31.6 Å². The molecule has 0 unspecified atom stereocenters. The second-order valence-electron chi connectivity index (χ2n) is 8.75. The van der Waals surface area contributed by atoms with Crippen LogP contribution in [0.4, 0.5) is 5.69 Å². The molecule has 0 saturated carbocycles. The summed E-state index contributed by atoms with van der Waals surface area (Å²) in [5.74, 6) is -0.283. The fourth-order valence-electron chi connectivity index (χ4n) is 4.43. The van der Waals surface area contributed by atoms with Gasteiger partial charge in [0.2, 0.25) is 5.88 Å². The fraction of sp³-hybridized carbons (Fsp3) is 0.0714. The van der Waals surface area contributed by atoms with E-state index in [-0.39, 0.29) is 28.6 Å². The van der Waals surface area contributed by atoms with Gasteiger partial charge >= 0.3 is 0 Å². The number of pyridine rings is 1. The molecule has 1 aliphatic heterocycles. The van der Waals surface area contributed by atoms with Gasteiger partial charge in [-0.05, 0) is 53.6 Å². The van der Waals surface area contributed by atoms with Crippen LogP contribution in [-0.4, -0.2) is 36.4 Å². The highest BCUT2D eigenvalue weighted by Gasteiger charge is 2.20. The zero-order valence-electron chi connectivity index (χ0n) is 20.2. The van der Waals surface area contributed by atoms with Crippen molar-refractivity contribution >= 4 is 32.5 Å². The SMILES string of the molecule is COc1ncc2cc1NS(=O)(=O)c1cccc(c1)C(=O)NCc1cccc(c1)-c1ncnc3ccc-2cc13. The van der Waals surface area contributed by atoms with E-state index in [0.717, 1.165) is 33.3 Å². The number of nitrogens with zero attached hydrogens (tertiary/aromatic N) is 3. The molecule has 9 nitrogen and oxygen atoms in total. The number of hydrogen-bond donors (Lipinski definition) is 2. The van der Waals surface area contributed by atoms with Gasteiger partial charge in [0.05, 0.1) is 23.2 Å². The second-order valence-corrected chi connectivity index (χ2v) is 10.4. The van der Waals surface area contributed by atoms with Crippen molar-refractivity contribution in [3.05, 3.63) is 96.4 Å². The smallest absolute Gasteiger partial charge is 0.262 e. The number of sulfonamides is 1. The fourth-order valence-corrected chi connectivity index (χ4v) is 5.53. The zero-order chi connectivity index (χ0) is 26.3. The minimum Gasteiger partial charge on any atom is -0.480 e. The van der Waals surface area contributed by atoms with E-state index in [1.54, 1.807) is 18.3 Å². The van der Waals surface area contributed by atoms with Gasteiger partial charge in [0.1, 0.15) is 12.0 Å². The third kappa shape index (κ3) is 4.31. The minimum absolute atomic E-state index is 0.0618. The molecule has 0 saturated heterocycles. The number of hydrogen-bond acceptors (Lipinski definition) is 7. The lowest BCUT2D eigenvalue weighted by Gasteiger charge is -2.14. The summed E-state index contributed by atoms with van der Waals surface area (Å²) in [4.78, 5) is 26.2. The van der Waals surface area contributed by atoms with Crippen LogP contribution in [0.2, 0.25) is 0 Å². The summed E-state index contributed by atoms with van der Waals surface area (Å²) in [7, 11) is -2.65. The molecule has 1 aliphatic rings. The third-order valence-electron chi connectivity index (χ3n) is 6.32. The Labute approximate surface area is 218 Å². The molecule has 0 aliphatic carbocycles. The number of amides is 1. The predicted octanol–water partition coefficient (Wildman–Crippen LogP) is 4.41. The Morgan fingerprint density at radius 1 is 0.842 bits per heavy atom. The van der Waals surface area contributed by atoms with E-state index in [0.29, 0.717) is 5.56 Å². The van der Waals surface area contributed by atoms with Gasteiger partial charge in [-0.3, -0.25) is 9.52 Å². The van der Waals surface area contributed by atoms with E-state index < -0.39 is 15.9 Å². The van der Waals surface area contributed by atoms with Crippen LogP contribution in [0.1, 0.15) is 15.9 Å². The first kappa shape index (κ1) is 23.6. The largest absolute Gasteiger partial charge is 0.480 e. The molecule has 188 valence electrons. The summed E-state index contributed by atoms with van der Waals surface area (Å²) >= 11 is 0. The molecule has 10 heteroatoms. The molecular formula is C28H21N5O4S. The van der Waals surface area contributed by atoms with Gasteiger partial charge in [-0.25, -0.2) is 23.4 Å². The maximum absolute atomic E-state index is 13.3. The number of nitrogens with one attached hydrogen (secondary N) is 2. The zero-order valence-corrected chi connectivity index (χ0v) is 21.0. The van der Waals surface area contributed by atoms with Crippen LogP contribution in [-0.2, 0) is 16.6 Å². The number of methoxy groups -OCH3 is 1.